The van der Waals surface area contributed by atoms with Crippen LogP contribution in [0.4, 0.5) is 5.69 Å². The van der Waals surface area contributed by atoms with Gasteiger partial charge >= 0.3 is 0 Å². The Bertz CT molecular complexity index is 703. The standard InChI is InChI=1S/C13H6Br2N2O3/c14-10-5-9(17(18)19)6-11(15)13(10)20-12-4-2-1-3-8(12)7-16/h1-6H. The van der Waals surface area contributed by atoms with Crippen LogP contribution in [0.15, 0.2) is 45.3 Å². The van der Waals surface area contributed by atoms with E-state index in [9.17, 15) is 10.1 Å². The minimum Gasteiger partial charge on any atom is -0.454 e. The second kappa shape index (κ2) is 6.03. The highest BCUT2D eigenvalue weighted by molar-refractivity contribution is 9.11. The molecule has 0 unspecified atom stereocenters. The van der Waals surface area contributed by atoms with Crippen LogP contribution >= 0.6 is 31.9 Å². The molecule has 0 aromatic heterocycles. The van der Waals surface area contributed by atoms with E-state index >= 15 is 0 Å². The Morgan fingerprint density at radius 1 is 1.20 bits per heavy atom. The number of para-hydroxylation sites is 1. The highest BCUT2D eigenvalue weighted by atomic mass is 79.9. The quantitative estimate of drug-likeness (QED) is 0.551. The normalized spacial score (nSPS) is 9.85. The highest BCUT2D eigenvalue weighted by Gasteiger charge is 2.16. The molecule has 0 aliphatic carbocycles. The molecule has 0 saturated heterocycles. The largest absolute Gasteiger partial charge is 0.454 e. The van der Waals surface area contributed by atoms with E-state index in [0.717, 1.165) is 0 Å². The molecule has 20 heavy (non-hydrogen) atoms. The molecule has 7 heteroatoms. The Morgan fingerprint density at radius 3 is 2.35 bits per heavy atom. The van der Waals surface area contributed by atoms with Gasteiger partial charge in [-0.2, -0.15) is 5.26 Å². The molecule has 0 bridgehead atoms. The molecule has 0 amide bonds. The van der Waals surface area contributed by atoms with Crippen LogP contribution < -0.4 is 4.74 Å². The lowest BCUT2D eigenvalue weighted by molar-refractivity contribution is -0.385. The summed E-state index contributed by atoms with van der Waals surface area (Å²) in [6.45, 7) is 0. The number of benzene rings is 2. The Labute approximate surface area is 131 Å². The van der Waals surface area contributed by atoms with Crippen LogP contribution in [-0.2, 0) is 0 Å². The molecule has 0 aliphatic heterocycles. The highest BCUT2D eigenvalue weighted by Crippen LogP contribution is 2.40. The lowest BCUT2D eigenvalue weighted by Gasteiger charge is -2.10. The Balaban J connectivity index is 2.45. The zero-order valence-corrected chi connectivity index (χ0v) is 13.0. The molecular formula is C13H6Br2N2O3. The van der Waals surface area contributed by atoms with Crippen LogP contribution in [0.2, 0.25) is 0 Å². The van der Waals surface area contributed by atoms with E-state index in [0.29, 0.717) is 26.0 Å². The maximum absolute atomic E-state index is 10.8. The van der Waals surface area contributed by atoms with Crippen LogP contribution in [0.5, 0.6) is 11.5 Å². The summed E-state index contributed by atoms with van der Waals surface area (Å²) in [6.07, 6.45) is 0. The van der Waals surface area contributed by atoms with Crippen molar-refractivity contribution in [2.75, 3.05) is 0 Å². The fraction of sp³-hybridized carbons (Fsp3) is 0. The van der Waals surface area contributed by atoms with Gasteiger partial charge in [-0.3, -0.25) is 10.1 Å². The third kappa shape index (κ3) is 2.98. The minimum absolute atomic E-state index is 0.0651. The number of nitriles is 1. The van der Waals surface area contributed by atoms with Crippen molar-refractivity contribution >= 4 is 37.5 Å². The van der Waals surface area contributed by atoms with E-state index in [4.69, 9.17) is 10.00 Å². The number of halogens is 2. The van der Waals surface area contributed by atoms with Gasteiger partial charge in [0.15, 0.2) is 5.75 Å². The fourth-order valence-electron chi connectivity index (χ4n) is 1.51. The average Bonchev–Trinajstić information content (AvgIpc) is 2.42. The van der Waals surface area contributed by atoms with Crippen LogP contribution in [0, 0.1) is 21.4 Å². The molecular weight excluding hydrogens is 392 g/mol. The van der Waals surface area contributed by atoms with Gasteiger partial charge in [0.25, 0.3) is 5.69 Å². The molecule has 100 valence electrons. The third-order valence-electron chi connectivity index (χ3n) is 2.41. The number of nitro benzene ring substituents is 1. The second-order valence-electron chi connectivity index (χ2n) is 3.71. The molecule has 5 nitrogen and oxygen atoms in total. The van der Waals surface area contributed by atoms with E-state index in [1.54, 1.807) is 24.3 Å². The third-order valence-corrected chi connectivity index (χ3v) is 3.59. The first-order valence-corrected chi connectivity index (χ1v) is 6.92. The van der Waals surface area contributed by atoms with Gasteiger partial charge in [0.05, 0.1) is 19.4 Å². The van der Waals surface area contributed by atoms with Crippen molar-refractivity contribution in [3.05, 3.63) is 61.0 Å². The van der Waals surface area contributed by atoms with Gasteiger partial charge < -0.3 is 4.74 Å². The van der Waals surface area contributed by atoms with Crippen molar-refractivity contribution in [3.8, 4) is 17.6 Å². The lowest BCUT2D eigenvalue weighted by atomic mass is 10.2. The van der Waals surface area contributed by atoms with E-state index in [1.807, 2.05) is 6.07 Å². The first-order chi connectivity index (χ1) is 9.52. The van der Waals surface area contributed by atoms with Crippen LogP contribution in [-0.4, -0.2) is 4.92 Å². The van der Waals surface area contributed by atoms with Gasteiger partial charge in [0, 0.05) is 12.1 Å². The van der Waals surface area contributed by atoms with Crippen LogP contribution in [0.3, 0.4) is 0 Å². The summed E-state index contributed by atoms with van der Waals surface area (Å²) in [5, 5.41) is 19.8. The number of ether oxygens (including phenoxy) is 1. The number of non-ortho nitro benzene ring substituents is 1. The van der Waals surface area contributed by atoms with Gasteiger partial charge in [0.1, 0.15) is 11.8 Å². The summed E-state index contributed by atoms with van der Waals surface area (Å²) < 4.78 is 6.50. The fourth-order valence-corrected chi connectivity index (χ4v) is 2.83. The summed E-state index contributed by atoms with van der Waals surface area (Å²) in [6, 6.07) is 11.5. The van der Waals surface area contributed by atoms with Crippen molar-refractivity contribution in [1.29, 1.82) is 5.26 Å². The molecule has 0 N–H and O–H groups in total. The summed E-state index contributed by atoms with van der Waals surface area (Å²) in [7, 11) is 0. The molecule has 0 fully saturated rings. The number of nitrogens with zero attached hydrogens (tertiary/aromatic N) is 2. The predicted octanol–water partition coefficient (Wildman–Crippen LogP) is 4.78. The Kier molecular flexibility index (Phi) is 4.37. The van der Waals surface area contributed by atoms with Gasteiger partial charge in [-0.25, -0.2) is 0 Å². The maximum Gasteiger partial charge on any atom is 0.271 e. The molecule has 2 aromatic carbocycles. The van der Waals surface area contributed by atoms with E-state index < -0.39 is 4.92 Å². The Morgan fingerprint density at radius 2 is 1.80 bits per heavy atom. The monoisotopic (exact) mass is 396 g/mol. The Hall–Kier alpha value is -1.91. The minimum atomic E-state index is -0.497. The van der Waals surface area contributed by atoms with Crippen LogP contribution in [0.1, 0.15) is 5.56 Å². The van der Waals surface area contributed by atoms with E-state index in [-0.39, 0.29) is 5.69 Å². The lowest BCUT2D eigenvalue weighted by Crippen LogP contribution is -1.93. The zero-order valence-electron chi connectivity index (χ0n) is 9.84. The smallest absolute Gasteiger partial charge is 0.271 e. The summed E-state index contributed by atoms with van der Waals surface area (Å²) in [4.78, 5) is 10.3. The average molecular weight is 398 g/mol. The summed E-state index contributed by atoms with van der Waals surface area (Å²) in [5.74, 6) is 0.753. The first-order valence-electron chi connectivity index (χ1n) is 5.33. The molecule has 0 atom stereocenters. The molecule has 0 heterocycles. The number of hydrogen-bond acceptors (Lipinski definition) is 4. The maximum atomic E-state index is 10.8. The van der Waals surface area contributed by atoms with Crippen LogP contribution in [0.25, 0.3) is 0 Å². The van der Waals surface area contributed by atoms with Gasteiger partial charge in [-0.1, -0.05) is 12.1 Å². The number of rotatable bonds is 3. The van der Waals surface area contributed by atoms with Crippen molar-refractivity contribution in [2.45, 2.75) is 0 Å². The number of nitro groups is 1. The molecule has 0 saturated carbocycles. The summed E-state index contributed by atoms with van der Waals surface area (Å²) in [5.41, 5.74) is 0.314. The van der Waals surface area contributed by atoms with Crippen molar-refractivity contribution in [2.24, 2.45) is 0 Å². The van der Waals surface area contributed by atoms with E-state index in [1.165, 1.54) is 12.1 Å². The van der Waals surface area contributed by atoms with E-state index in [2.05, 4.69) is 31.9 Å². The van der Waals surface area contributed by atoms with Gasteiger partial charge in [-0.15, -0.1) is 0 Å². The molecule has 0 radical (unpaired) electrons. The SMILES string of the molecule is N#Cc1ccccc1Oc1c(Br)cc([N+](=O)[O-])cc1Br. The van der Waals surface area contributed by atoms with Gasteiger partial charge in [-0.05, 0) is 44.0 Å². The summed E-state index contributed by atoms with van der Waals surface area (Å²) >= 11 is 6.46. The topological polar surface area (TPSA) is 76.2 Å². The van der Waals surface area contributed by atoms with Crippen molar-refractivity contribution < 1.29 is 9.66 Å². The molecule has 0 aliphatic rings. The van der Waals surface area contributed by atoms with Crippen molar-refractivity contribution in [3.63, 3.8) is 0 Å². The predicted molar refractivity (Wildman–Crippen MR) is 79.7 cm³/mol. The van der Waals surface area contributed by atoms with Crippen molar-refractivity contribution in [1.82, 2.24) is 0 Å². The molecule has 2 rings (SSSR count). The molecule has 2 aromatic rings. The number of hydrogen-bond donors (Lipinski definition) is 0. The second-order valence-corrected chi connectivity index (χ2v) is 5.41. The zero-order chi connectivity index (χ0) is 14.7. The molecule has 0 spiro atoms. The first kappa shape index (κ1) is 14.5. The van der Waals surface area contributed by atoms with Gasteiger partial charge in [0.2, 0.25) is 0 Å².